The zero-order valence-corrected chi connectivity index (χ0v) is 62.4. The molecule has 0 atom stereocenters. The highest BCUT2D eigenvalue weighted by Gasteiger charge is 2.25. The molecule has 0 heterocycles. The van der Waals surface area contributed by atoms with Gasteiger partial charge in [-0.15, -0.1) is 0 Å². The first-order chi connectivity index (χ1) is 53.4. The molecule has 6 aromatic rings. The van der Waals surface area contributed by atoms with Crippen LogP contribution in [-0.2, 0) is 51.0 Å². The molecule has 0 bridgehead atoms. The first-order valence-electron chi connectivity index (χ1n) is 37.3. The van der Waals surface area contributed by atoms with Gasteiger partial charge in [-0.1, -0.05) is 52.0 Å². The largest absolute Gasteiger partial charge is 0.494 e. The molecule has 6 aromatic carbocycles. The smallest absolute Gasteiger partial charge is 0.343 e. The number of rotatable bonds is 55. The predicted molar refractivity (Wildman–Crippen MR) is 411 cm³/mol. The molecule has 2 amide bonds. The number of carbonyl (C=O) groups excluding carboxylic acids is 10. The van der Waals surface area contributed by atoms with E-state index in [0.29, 0.717) is 151 Å². The molecule has 0 saturated carbocycles. The van der Waals surface area contributed by atoms with Crippen molar-refractivity contribution in [2.24, 2.45) is 11.5 Å². The average molecular weight is 1510 g/mol. The van der Waals surface area contributed by atoms with Crippen LogP contribution in [0, 0.1) is 0 Å². The molecule has 0 aliphatic heterocycles. The average Bonchev–Trinajstić information content (AvgIpc) is 0.806. The second-order valence-electron chi connectivity index (χ2n) is 25.5. The van der Waals surface area contributed by atoms with Crippen LogP contribution in [-0.4, -0.2) is 112 Å². The second kappa shape index (κ2) is 49.9. The van der Waals surface area contributed by atoms with Gasteiger partial charge in [0.05, 0.1) is 86.2 Å². The van der Waals surface area contributed by atoms with Crippen LogP contribution in [0.5, 0.6) is 46.0 Å². The van der Waals surface area contributed by atoms with E-state index < -0.39 is 59.6 Å². The molecule has 110 heavy (non-hydrogen) atoms. The van der Waals surface area contributed by atoms with Crippen molar-refractivity contribution in [3.8, 4) is 46.0 Å². The summed E-state index contributed by atoms with van der Waals surface area (Å²) in [4.78, 5) is 127. The molecule has 0 aliphatic rings. The summed E-state index contributed by atoms with van der Waals surface area (Å²) in [6.45, 7) is 16.5. The van der Waals surface area contributed by atoms with Crippen molar-refractivity contribution in [1.29, 1.82) is 0 Å². The van der Waals surface area contributed by atoms with Gasteiger partial charge < -0.3 is 68.3 Å². The number of hydrogen-bond acceptors (Lipinski definition) is 22. The Morgan fingerprint density at radius 3 is 0.718 bits per heavy atom. The van der Waals surface area contributed by atoms with Crippen molar-refractivity contribution >= 4 is 59.6 Å². The summed E-state index contributed by atoms with van der Waals surface area (Å²) in [6.07, 6.45) is 21.3. The van der Waals surface area contributed by atoms with Crippen LogP contribution in [0.3, 0.4) is 0 Å². The summed E-state index contributed by atoms with van der Waals surface area (Å²) >= 11 is 0. The second-order valence-corrected chi connectivity index (χ2v) is 25.5. The van der Waals surface area contributed by atoms with Gasteiger partial charge in [0.15, 0.2) is 0 Å². The van der Waals surface area contributed by atoms with Crippen molar-refractivity contribution < 1.29 is 105 Å². The number of amides is 2. The van der Waals surface area contributed by atoms with Gasteiger partial charge in [0, 0.05) is 24.3 Å². The zero-order chi connectivity index (χ0) is 79.1. The maximum Gasteiger partial charge on any atom is 0.343 e. The number of benzene rings is 6. The van der Waals surface area contributed by atoms with E-state index in [0.717, 1.165) is 101 Å². The fourth-order valence-electron chi connectivity index (χ4n) is 11.1. The number of hydrogen-bond donors (Lipinski definition) is 2. The lowest BCUT2D eigenvalue weighted by molar-refractivity contribution is -0.138. The molecule has 0 unspecified atom stereocenters. The molecule has 6 rings (SSSR count). The van der Waals surface area contributed by atoms with Gasteiger partial charge >= 0.3 is 47.8 Å². The predicted octanol–water partition coefficient (Wildman–Crippen LogP) is 15.6. The summed E-state index contributed by atoms with van der Waals surface area (Å²) in [5.74, 6) is -4.95. The molecule has 0 aromatic heterocycles. The van der Waals surface area contributed by atoms with Gasteiger partial charge in [0.1, 0.15) is 46.0 Å². The quantitative estimate of drug-likeness (QED) is 0.0118. The van der Waals surface area contributed by atoms with Gasteiger partial charge in [-0.05, 0) is 261 Å². The SMILES string of the molecule is C=CC(=O)OCCCCCCOc1ccc(C(=O)Oc2cc(CCCCCCCCc3cc(OC(=O)c4ccc(OCCCCCCOC(=O)C=C)cc4)cc(C(N)=O)c3OC(=O)c3ccc(OCCCCCCOC(=O)C=C)cc3)c(OC(=O)c3ccc(OCCCCCCOC(=O)C=C)cc3)c(C(N)=O)c2)cc1. The van der Waals surface area contributed by atoms with Crippen molar-refractivity contribution in [1.82, 2.24) is 0 Å². The minimum absolute atomic E-state index is 0.0214. The van der Waals surface area contributed by atoms with Gasteiger partial charge in [0.2, 0.25) is 0 Å². The van der Waals surface area contributed by atoms with Gasteiger partial charge in [-0.2, -0.15) is 0 Å². The normalized spacial score (nSPS) is 10.7. The van der Waals surface area contributed by atoms with Crippen LogP contribution in [0.4, 0.5) is 0 Å². The lowest BCUT2D eigenvalue weighted by atomic mass is 9.99. The molecule has 4 N–H and O–H groups in total. The topological polar surface area (TPSA) is 333 Å². The summed E-state index contributed by atoms with van der Waals surface area (Å²) in [5, 5.41) is 0. The number of nitrogens with two attached hydrogens (primary N) is 2. The van der Waals surface area contributed by atoms with Crippen LogP contribution in [0.2, 0.25) is 0 Å². The zero-order valence-electron chi connectivity index (χ0n) is 62.4. The van der Waals surface area contributed by atoms with Crippen LogP contribution >= 0.6 is 0 Å². The third-order valence-corrected chi connectivity index (χ3v) is 17.0. The molecular weight excluding hydrogens is 1410 g/mol. The van der Waals surface area contributed by atoms with Crippen molar-refractivity contribution in [2.45, 2.75) is 154 Å². The van der Waals surface area contributed by atoms with E-state index in [1.165, 1.54) is 48.5 Å². The Labute approximate surface area is 642 Å². The summed E-state index contributed by atoms with van der Waals surface area (Å²) in [5.41, 5.74) is 13.0. The van der Waals surface area contributed by atoms with Crippen molar-refractivity contribution in [2.75, 3.05) is 52.9 Å². The summed E-state index contributed by atoms with van der Waals surface area (Å²) in [6, 6.07) is 31.0. The van der Waals surface area contributed by atoms with E-state index >= 15 is 0 Å². The van der Waals surface area contributed by atoms with Crippen molar-refractivity contribution in [3.05, 3.63) is 216 Å². The van der Waals surface area contributed by atoms with E-state index in [2.05, 4.69) is 26.3 Å². The number of unbranched alkanes of at least 4 members (excludes halogenated alkanes) is 17. The maximum atomic E-state index is 14.0. The maximum absolute atomic E-state index is 14.0. The molecule has 586 valence electrons. The van der Waals surface area contributed by atoms with Gasteiger partial charge in [-0.3, -0.25) is 9.59 Å². The van der Waals surface area contributed by atoms with E-state index in [-0.39, 0.29) is 69.2 Å². The van der Waals surface area contributed by atoms with Gasteiger partial charge in [0.25, 0.3) is 11.8 Å². The van der Waals surface area contributed by atoms with Gasteiger partial charge in [-0.25, -0.2) is 38.4 Å². The third-order valence-electron chi connectivity index (χ3n) is 17.0. The molecule has 0 saturated heterocycles. The Balaban J connectivity index is 1.12. The highest BCUT2D eigenvalue weighted by Crippen LogP contribution is 2.35. The third kappa shape index (κ3) is 32.7. The van der Waals surface area contributed by atoms with E-state index in [4.69, 9.17) is 68.3 Å². The molecule has 0 spiro atoms. The highest BCUT2D eigenvalue weighted by molar-refractivity contribution is 6.01. The Morgan fingerprint density at radius 1 is 0.264 bits per heavy atom. The fraction of sp³-hybridized carbons (Fsp3) is 0.372. The summed E-state index contributed by atoms with van der Waals surface area (Å²) < 4.78 is 67.4. The molecule has 0 fully saturated rings. The lowest BCUT2D eigenvalue weighted by Crippen LogP contribution is -2.18. The van der Waals surface area contributed by atoms with Crippen molar-refractivity contribution in [3.63, 3.8) is 0 Å². The monoisotopic (exact) mass is 1510 g/mol. The molecule has 0 radical (unpaired) electrons. The van der Waals surface area contributed by atoms with E-state index in [1.807, 2.05) is 0 Å². The first-order valence-corrected chi connectivity index (χ1v) is 37.3. The lowest BCUT2D eigenvalue weighted by Gasteiger charge is -2.16. The molecule has 0 aliphatic carbocycles. The number of aryl methyl sites for hydroxylation is 2. The highest BCUT2D eigenvalue weighted by atomic mass is 16.6. The number of ether oxygens (including phenoxy) is 12. The fourth-order valence-corrected chi connectivity index (χ4v) is 11.1. The van der Waals surface area contributed by atoms with Crippen LogP contribution in [0.15, 0.2) is 172 Å². The molecule has 24 nitrogen and oxygen atoms in total. The minimum atomic E-state index is -0.947. The van der Waals surface area contributed by atoms with Crippen LogP contribution < -0.4 is 49.4 Å². The number of carbonyl (C=O) groups is 10. The standard InChI is InChI=1S/C86H100N2O22/c1-5-75(89)103-53-27-17-13-23-49-99-67-41-33-61(34-42-67)83(95)107-71-57-65(79(73(59-71)81(87)93)109-85(97)63-37-45-69(46-38-63)101-51-25-15-19-29-55-105-77(91)7-3)31-21-11-9-10-12-22-32-66-58-72(108-84(96)62-35-43-68(44-36-62)100-50-24-14-18-28-54-104-76(90)6-2)60-74(82(88)94)80(66)110-86(98)64-39-47-70(48-40-64)102-52-26-16-20-30-56-106-78(92)8-4/h5-8,33-48,57-60H,1-4,9-32,49-56H2,(H2,87,93)(H2,88,94). The number of esters is 8. The Hall–Kier alpha value is -11.8. The summed E-state index contributed by atoms with van der Waals surface area (Å²) in [7, 11) is 0. The van der Waals surface area contributed by atoms with Crippen LogP contribution in [0.25, 0.3) is 0 Å². The van der Waals surface area contributed by atoms with Crippen LogP contribution in [0.1, 0.15) is 215 Å². The minimum Gasteiger partial charge on any atom is -0.494 e. The Morgan fingerprint density at radius 2 is 0.482 bits per heavy atom. The number of primary amides is 2. The van der Waals surface area contributed by atoms with E-state index in [1.54, 1.807) is 72.8 Å². The Bertz CT molecular complexity index is 3760. The Kier molecular flexibility index (Phi) is 39.5. The first kappa shape index (κ1) is 87.1. The van der Waals surface area contributed by atoms with E-state index in [9.17, 15) is 47.9 Å². The molecule has 24 heteroatoms. The molecular formula is C86H100N2O22.